The largest absolute Gasteiger partial charge is 0.478 e. The van der Waals surface area contributed by atoms with Crippen molar-refractivity contribution < 1.29 is 14.6 Å². The van der Waals surface area contributed by atoms with E-state index in [9.17, 15) is 9.90 Å². The van der Waals surface area contributed by atoms with Gasteiger partial charge < -0.3 is 14.4 Å². The number of carbonyl (C=O) groups is 1. The van der Waals surface area contributed by atoms with Gasteiger partial charge in [0.25, 0.3) is 0 Å². The number of carboxylic acids is 1. The fourth-order valence-electron chi connectivity index (χ4n) is 2.33. The van der Waals surface area contributed by atoms with Gasteiger partial charge in [0.1, 0.15) is 0 Å². The van der Waals surface area contributed by atoms with Gasteiger partial charge in [0.05, 0.1) is 23.8 Å². The molecule has 2 rings (SSSR count). The Kier molecular flexibility index (Phi) is 4.14. The molecule has 0 atom stereocenters. The molecule has 1 N–H and O–H groups in total. The lowest BCUT2D eigenvalue weighted by Gasteiger charge is -2.10. The molecule has 4 heteroatoms. The summed E-state index contributed by atoms with van der Waals surface area (Å²) in [5.74, 6) is -0.896. The van der Waals surface area contributed by atoms with E-state index in [4.69, 9.17) is 4.74 Å². The zero-order valence-corrected chi connectivity index (χ0v) is 12.4. The lowest BCUT2D eigenvalue weighted by Crippen LogP contribution is -2.04. The van der Waals surface area contributed by atoms with Crippen LogP contribution in [-0.2, 0) is 11.3 Å². The molecule has 0 aliphatic heterocycles. The molecular weight excluding hydrogens is 254 g/mol. The normalized spacial score (nSPS) is 11.7. The molecule has 0 spiro atoms. The van der Waals surface area contributed by atoms with Gasteiger partial charge in [-0.25, -0.2) is 4.79 Å². The summed E-state index contributed by atoms with van der Waals surface area (Å²) in [6.45, 7) is 8.57. The molecule has 20 heavy (non-hydrogen) atoms. The first-order valence-corrected chi connectivity index (χ1v) is 6.89. The monoisotopic (exact) mass is 275 g/mol. The summed E-state index contributed by atoms with van der Waals surface area (Å²) in [7, 11) is 0. The van der Waals surface area contributed by atoms with Crippen LogP contribution in [0, 0.1) is 0 Å². The minimum absolute atomic E-state index is 0.148. The van der Waals surface area contributed by atoms with Gasteiger partial charge in [-0.1, -0.05) is 12.1 Å². The van der Waals surface area contributed by atoms with Crippen LogP contribution in [0.3, 0.4) is 0 Å². The smallest absolute Gasteiger partial charge is 0.337 e. The zero-order chi connectivity index (χ0) is 14.9. The Balaban J connectivity index is 2.61. The van der Waals surface area contributed by atoms with E-state index in [2.05, 4.69) is 0 Å². The number of carboxylic acid groups (broad SMARTS) is 1. The molecule has 0 radical (unpaired) electrons. The third kappa shape index (κ3) is 2.70. The number of rotatable bonds is 5. The summed E-state index contributed by atoms with van der Waals surface area (Å²) in [5, 5.41) is 10.3. The SMILES string of the molecule is CC(C)OCc1cn(C(C)C)c2c(C(=O)O)cccc12. The Labute approximate surface area is 119 Å². The highest BCUT2D eigenvalue weighted by molar-refractivity contribution is 6.03. The van der Waals surface area contributed by atoms with Crippen LogP contribution in [0.2, 0.25) is 0 Å². The lowest BCUT2D eigenvalue weighted by molar-refractivity contribution is 0.0662. The predicted octanol–water partition coefficient (Wildman–Crippen LogP) is 3.85. The summed E-state index contributed by atoms with van der Waals surface area (Å²) in [4.78, 5) is 11.4. The van der Waals surface area contributed by atoms with Crippen LogP contribution >= 0.6 is 0 Å². The second-order valence-electron chi connectivity index (χ2n) is 5.52. The average Bonchev–Trinajstić information content (AvgIpc) is 2.75. The van der Waals surface area contributed by atoms with Crippen LogP contribution < -0.4 is 0 Å². The van der Waals surface area contributed by atoms with Crippen molar-refractivity contribution in [3.8, 4) is 0 Å². The zero-order valence-electron chi connectivity index (χ0n) is 12.4. The topological polar surface area (TPSA) is 51.5 Å². The fraction of sp³-hybridized carbons (Fsp3) is 0.438. The summed E-state index contributed by atoms with van der Waals surface area (Å²) < 4.78 is 7.68. The standard InChI is InChI=1S/C16H21NO3/c1-10(2)17-8-12(9-20-11(3)4)13-6-5-7-14(15(13)17)16(18)19/h5-8,10-11H,9H2,1-4H3,(H,18,19). The molecule has 0 saturated carbocycles. The van der Waals surface area contributed by atoms with Crippen LogP contribution in [0.1, 0.15) is 49.7 Å². The van der Waals surface area contributed by atoms with Crippen molar-refractivity contribution in [1.29, 1.82) is 0 Å². The van der Waals surface area contributed by atoms with Crippen molar-refractivity contribution in [2.75, 3.05) is 0 Å². The highest BCUT2D eigenvalue weighted by atomic mass is 16.5. The molecule has 4 nitrogen and oxygen atoms in total. The third-order valence-corrected chi connectivity index (χ3v) is 3.29. The maximum Gasteiger partial charge on any atom is 0.337 e. The molecule has 1 aromatic heterocycles. The predicted molar refractivity (Wildman–Crippen MR) is 79.2 cm³/mol. The van der Waals surface area contributed by atoms with Gasteiger partial charge in [-0.2, -0.15) is 0 Å². The van der Waals surface area contributed by atoms with Gasteiger partial charge in [0.2, 0.25) is 0 Å². The minimum Gasteiger partial charge on any atom is -0.478 e. The van der Waals surface area contributed by atoms with E-state index in [0.29, 0.717) is 12.2 Å². The number of para-hydroxylation sites is 1. The van der Waals surface area contributed by atoms with Gasteiger partial charge in [-0.05, 0) is 33.8 Å². The van der Waals surface area contributed by atoms with Crippen LogP contribution in [0.5, 0.6) is 0 Å². The Bertz CT molecular complexity index is 626. The Morgan fingerprint density at radius 1 is 1.30 bits per heavy atom. The highest BCUT2D eigenvalue weighted by Gasteiger charge is 2.17. The maximum absolute atomic E-state index is 11.4. The van der Waals surface area contributed by atoms with E-state index in [-0.39, 0.29) is 12.1 Å². The van der Waals surface area contributed by atoms with Gasteiger partial charge >= 0.3 is 5.97 Å². The van der Waals surface area contributed by atoms with E-state index in [0.717, 1.165) is 16.5 Å². The number of aromatic nitrogens is 1. The van der Waals surface area contributed by atoms with E-state index >= 15 is 0 Å². The summed E-state index contributed by atoms with van der Waals surface area (Å²) in [6, 6.07) is 5.59. The quantitative estimate of drug-likeness (QED) is 0.901. The Morgan fingerprint density at radius 2 is 2.00 bits per heavy atom. The van der Waals surface area contributed by atoms with Crippen LogP contribution in [0.15, 0.2) is 24.4 Å². The highest BCUT2D eigenvalue weighted by Crippen LogP contribution is 2.28. The molecule has 1 aromatic carbocycles. The van der Waals surface area contributed by atoms with E-state index in [1.807, 2.05) is 44.5 Å². The van der Waals surface area contributed by atoms with Crippen molar-refractivity contribution in [3.05, 3.63) is 35.5 Å². The molecular formula is C16H21NO3. The molecule has 1 heterocycles. The molecule has 0 fully saturated rings. The molecule has 0 bridgehead atoms. The number of hydrogen-bond donors (Lipinski definition) is 1. The van der Waals surface area contributed by atoms with Crippen LogP contribution in [0.25, 0.3) is 10.9 Å². The summed E-state index contributed by atoms with van der Waals surface area (Å²) in [6.07, 6.45) is 2.15. The first-order valence-electron chi connectivity index (χ1n) is 6.89. The van der Waals surface area contributed by atoms with Gasteiger partial charge in [-0.15, -0.1) is 0 Å². The summed E-state index contributed by atoms with van der Waals surface area (Å²) >= 11 is 0. The van der Waals surface area contributed by atoms with E-state index < -0.39 is 5.97 Å². The van der Waals surface area contributed by atoms with Gasteiger partial charge in [-0.3, -0.25) is 0 Å². The molecule has 0 amide bonds. The fourth-order valence-corrected chi connectivity index (χ4v) is 2.33. The first kappa shape index (κ1) is 14.6. The molecule has 0 aliphatic rings. The molecule has 0 saturated heterocycles. The second-order valence-corrected chi connectivity index (χ2v) is 5.52. The molecule has 108 valence electrons. The van der Waals surface area contributed by atoms with Crippen molar-refractivity contribution >= 4 is 16.9 Å². The van der Waals surface area contributed by atoms with E-state index in [1.165, 1.54) is 0 Å². The van der Waals surface area contributed by atoms with Crippen molar-refractivity contribution in [1.82, 2.24) is 4.57 Å². The van der Waals surface area contributed by atoms with Crippen LogP contribution in [0.4, 0.5) is 0 Å². The van der Waals surface area contributed by atoms with Gasteiger partial charge in [0.15, 0.2) is 0 Å². The van der Waals surface area contributed by atoms with E-state index in [1.54, 1.807) is 12.1 Å². The minimum atomic E-state index is -0.896. The van der Waals surface area contributed by atoms with Crippen LogP contribution in [-0.4, -0.2) is 21.7 Å². The third-order valence-electron chi connectivity index (χ3n) is 3.29. The number of hydrogen-bond acceptors (Lipinski definition) is 2. The molecule has 0 unspecified atom stereocenters. The lowest BCUT2D eigenvalue weighted by atomic mass is 10.1. The van der Waals surface area contributed by atoms with Crippen molar-refractivity contribution in [2.45, 2.75) is 46.4 Å². The number of aromatic carboxylic acids is 1. The molecule has 0 aliphatic carbocycles. The van der Waals surface area contributed by atoms with Crippen molar-refractivity contribution in [2.24, 2.45) is 0 Å². The number of ether oxygens (including phenoxy) is 1. The van der Waals surface area contributed by atoms with Gasteiger partial charge in [0, 0.05) is 23.2 Å². The number of nitrogens with zero attached hydrogens (tertiary/aromatic N) is 1. The molecule has 2 aromatic rings. The Hall–Kier alpha value is -1.81. The summed E-state index contributed by atoms with van der Waals surface area (Å²) in [5.41, 5.74) is 2.15. The number of benzene rings is 1. The average molecular weight is 275 g/mol. The maximum atomic E-state index is 11.4. The second kappa shape index (κ2) is 5.67. The Morgan fingerprint density at radius 3 is 2.55 bits per heavy atom. The number of fused-ring (bicyclic) bond motifs is 1. The first-order chi connectivity index (χ1) is 9.41. The van der Waals surface area contributed by atoms with Crippen molar-refractivity contribution in [3.63, 3.8) is 0 Å².